The summed E-state index contributed by atoms with van der Waals surface area (Å²) in [7, 11) is 1.94. The molecule has 3 N–H and O–H groups in total. The molecule has 0 aliphatic carbocycles. The predicted molar refractivity (Wildman–Crippen MR) is 88.5 cm³/mol. The summed E-state index contributed by atoms with van der Waals surface area (Å²) in [6, 6.07) is 13.2. The maximum atomic E-state index is 11.7. The van der Waals surface area contributed by atoms with E-state index in [1.54, 1.807) is 0 Å². The number of alkyl halides is 3. The molecule has 0 saturated heterocycles. The zero-order valence-electron chi connectivity index (χ0n) is 14.1. The molecule has 0 aliphatic rings. The van der Waals surface area contributed by atoms with Crippen molar-refractivity contribution in [3.05, 3.63) is 53.6 Å². The number of carboxylic acids is 2. The summed E-state index contributed by atoms with van der Waals surface area (Å²) in [5.74, 6) is -3.92. The first-order chi connectivity index (χ1) is 12.6. The van der Waals surface area contributed by atoms with Gasteiger partial charge in [-0.1, -0.05) is 18.2 Å². The summed E-state index contributed by atoms with van der Waals surface area (Å²) in [4.78, 5) is 20.4. The molecule has 6 nitrogen and oxygen atoms in total. The molecular weight excluding hydrogens is 365 g/mol. The second-order valence-electron chi connectivity index (χ2n) is 5.60. The van der Waals surface area contributed by atoms with E-state index in [9.17, 15) is 23.1 Å². The van der Waals surface area contributed by atoms with Gasteiger partial charge in [0.1, 0.15) is 13.0 Å². The van der Waals surface area contributed by atoms with Crippen molar-refractivity contribution in [1.82, 2.24) is 0 Å². The Labute approximate surface area is 151 Å². The van der Waals surface area contributed by atoms with E-state index >= 15 is 0 Å². The van der Waals surface area contributed by atoms with E-state index in [4.69, 9.17) is 15.6 Å². The number of carboxylic acid groups (broad SMARTS) is 2. The van der Waals surface area contributed by atoms with Crippen LogP contribution in [0.15, 0.2) is 42.5 Å². The molecule has 3 aromatic rings. The monoisotopic (exact) mass is 380 g/mol. The maximum absolute atomic E-state index is 11.7. The van der Waals surface area contributed by atoms with Crippen LogP contribution in [-0.2, 0) is 18.4 Å². The SMILES string of the molecule is C[n+]1c2ccccc2c(C(=O)O)c2ccc(CN)cc21.O=C([O-])C(F)(F)F. The van der Waals surface area contributed by atoms with Crippen molar-refractivity contribution in [2.24, 2.45) is 12.8 Å². The van der Waals surface area contributed by atoms with Gasteiger partial charge >= 0.3 is 12.1 Å². The van der Waals surface area contributed by atoms with E-state index in [0.29, 0.717) is 12.1 Å². The van der Waals surface area contributed by atoms with Crippen molar-refractivity contribution >= 4 is 33.7 Å². The summed E-state index contributed by atoms with van der Waals surface area (Å²) >= 11 is 0. The lowest BCUT2D eigenvalue weighted by Gasteiger charge is -2.07. The molecule has 0 amide bonds. The number of hydrogen-bond acceptors (Lipinski definition) is 4. The van der Waals surface area contributed by atoms with Gasteiger partial charge in [0.05, 0.1) is 16.3 Å². The van der Waals surface area contributed by atoms with Crippen LogP contribution < -0.4 is 15.4 Å². The van der Waals surface area contributed by atoms with Gasteiger partial charge < -0.3 is 20.7 Å². The van der Waals surface area contributed by atoms with Crippen molar-refractivity contribution in [2.75, 3.05) is 0 Å². The summed E-state index contributed by atoms with van der Waals surface area (Å²) in [6.07, 6.45) is -5.19. The van der Waals surface area contributed by atoms with Crippen molar-refractivity contribution in [2.45, 2.75) is 12.7 Å². The molecule has 0 radical (unpaired) electrons. The van der Waals surface area contributed by atoms with Gasteiger partial charge in [-0.3, -0.25) is 0 Å². The molecule has 0 atom stereocenters. The number of nitrogens with two attached hydrogens (primary N) is 1. The number of fused-ring (bicyclic) bond motifs is 2. The van der Waals surface area contributed by atoms with Crippen molar-refractivity contribution in [3.8, 4) is 0 Å². The Hall–Kier alpha value is -3.20. The minimum Gasteiger partial charge on any atom is -0.542 e. The summed E-state index contributed by atoms with van der Waals surface area (Å²) in [5.41, 5.74) is 8.78. The smallest absolute Gasteiger partial charge is 0.430 e. The van der Waals surface area contributed by atoms with Crippen LogP contribution in [0.4, 0.5) is 13.2 Å². The van der Waals surface area contributed by atoms with Gasteiger partial charge in [-0.2, -0.15) is 17.7 Å². The van der Waals surface area contributed by atoms with E-state index < -0.39 is 18.1 Å². The molecule has 1 heterocycles. The molecule has 0 fully saturated rings. The molecule has 27 heavy (non-hydrogen) atoms. The summed E-state index contributed by atoms with van der Waals surface area (Å²) < 4.78 is 33.6. The van der Waals surface area contributed by atoms with Crippen molar-refractivity contribution in [3.63, 3.8) is 0 Å². The lowest BCUT2D eigenvalue weighted by Crippen LogP contribution is -2.37. The molecule has 142 valence electrons. The minimum absolute atomic E-state index is 0.345. The number of benzene rings is 2. The fraction of sp³-hybridized carbons (Fsp3) is 0.167. The van der Waals surface area contributed by atoms with Crippen LogP contribution in [-0.4, -0.2) is 23.2 Å². The Kier molecular flexibility index (Phi) is 5.65. The first kappa shape index (κ1) is 20.1. The number of carbonyl (C=O) groups is 2. The number of nitrogens with zero attached hydrogens (tertiary/aromatic N) is 1. The first-order valence-corrected chi connectivity index (χ1v) is 7.62. The number of rotatable bonds is 2. The fourth-order valence-electron chi connectivity index (χ4n) is 2.68. The number of aromatic nitrogens is 1. The molecular formula is C18H15F3N2O4. The van der Waals surface area contributed by atoms with E-state index in [1.807, 2.05) is 54.1 Å². The van der Waals surface area contributed by atoms with E-state index in [1.165, 1.54) is 0 Å². The number of aliphatic carboxylic acids is 1. The predicted octanol–water partition coefficient (Wildman–Crippen LogP) is 1.27. The zero-order valence-corrected chi connectivity index (χ0v) is 14.1. The second-order valence-corrected chi connectivity index (χ2v) is 5.60. The highest BCUT2D eigenvalue weighted by Crippen LogP contribution is 2.25. The molecule has 0 spiro atoms. The first-order valence-electron chi connectivity index (χ1n) is 7.62. The average molecular weight is 380 g/mol. The van der Waals surface area contributed by atoms with Crippen LogP contribution in [0.2, 0.25) is 0 Å². The number of aromatic carboxylic acids is 1. The van der Waals surface area contributed by atoms with Gasteiger partial charge in [-0.15, -0.1) is 0 Å². The third kappa shape index (κ3) is 4.14. The Balaban J connectivity index is 0.000000321. The van der Waals surface area contributed by atoms with E-state index in [0.717, 1.165) is 27.4 Å². The topological polar surface area (TPSA) is 107 Å². The Morgan fingerprint density at radius 2 is 1.67 bits per heavy atom. The highest BCUT2D eigenvalue weighted by molar-refractivity contribution is 6.12. The van der Waals surface area contributed by atoms with Crippen molar-refractivity contribution < 1.29 is 37.5 Å². The molecule has 0 aliphatic heterocycles. The highest BCUT2D eigenvalue weighted by atomic mass is 19.4. The summed E-state index contributed by atoms with van der Waals surface area (Å²) in [6.45, 7) is 0.436. The quantitative estimate of drug-likeness (QED) is 0.514. The van der Waals surface area contributed by atoms with Gasteiger partial charge in [0.25, 0.3) is 0 Å². The Morgan fingerprint density at radius 3 is 2.19 bits per heavy atom. The number of pyridine rings is 1. The number of halogens is 3. The molecule has 2 aromatic carbocycles. The largest absolute Gasteiger partial charge is 0.542 e. The lowest BCUT2D eigenvalue weighted by molar-refractivity contribution is -0.617. The Morgan fingerprint density at radius 1 is 1.11 bits per heavy atom. The van der Waals surface area contributed by atoms with Crippen LogP contribution in [0, 0.1) is 0 Å². The second kappa shape index (κ2) is 7.58. The van der Waals surface area contributed by atoms with Crippen molar-refractivity contribution in [1.29, 1.82) is 0 Å². The normalized spacial score (nSPS) is 11.1. The highest BCUT2D eigenvalue weighted by Gasteiger charge is 2.28. The molecule has 0 unspecified atom stereocenters. The standard InChI is InChI=1S/C16H14N2O2.C2HF3O2/c1-18-13-5-3-2-4-11(13)15(16(19)20)12-7-6-10(9-17)8-14(12)18;3-2(4,5)1(6)7/h2-8H,9,17H2,1H3;(H,6,7). The number of carbonyl (C=O) groups excluding carboxylic acids is 1. The van der Waals surface area contributed by atoms with Gasteiger partial charge in [0.15, 0.2) is 0 Å². The third-order valence-electron chi connectivity index (χ3n) is 3.91. The summed E-state index contributed by atoms with van der Waals surface area (Å²) in [5, 5.41) is 19.8. The van der Waals surface area contributed by atoms with Gasteiger partial charge in [-0.05, 0) is 17.7 Å². The van der Waals surface area contributed by atoms with Crippen LogP contribution in [0.1, 0.15) is 15.9 Å². The fourth-order valence-corrected chi connectivity index (χ4v) is 2.68. The third-order valence-corrected chi connectivity index (χ3v) is 3.91. The average Bonchev–Trinajstić information content (AvgIpc) is 2.61. The zero-order chi connectivity index (χ0) is 20.4. The molecule has 0 bridgehead atoms. The molecule has 1 aromatic heterocycles. The van der Waals surface area contributed by atoms with Crippen LogP contribution in [0.3, 0.4) is 0 Å². The number of aryl methyl sites for hydroxylation is 1. The van der Waals surface area contributed by atoms with Gasteiger partial charge in [-0.25, -0.2) is 4.79 Å². The molecule has 9 heteroatoms. The van der Waals surface area contributed by atoms with E-state index in [-0.39, 0.29) is 0 Å². The lowest BCUT2D eigenvalue weighted by atomic mass is 10.0. The van der Waals surface area contributed by atoms with Crippen LogP contribution in [0.5, 0.6) is 0 Å². The van der Waals surface area contributed by atoms with Gasteiger partial charge in [0, 0.05) is 18.7 Å². The van der Waals surface area contributed by atoms with Crippen LogP contribution in [0.25, 0.3) is 21.8 Å². The Bertz CT molecular complexity index is 1030. The maximum Gasteiger partial charge on any atom is 0.430 e. The van der Waals surface area contributed by atoms with E-state index in [2.05, 4.69) is 0 Å². The van der Waals surface area contributed by atoms with Crippen LogP contribution >= 0.6 is 0 Å². The number of hydrogen-bond donors (Lipinski definition) is 2. The van der Waals surface area contributed by atoms with Gasteiger partial charge in [0.2, 0.25) is 11.0 Å². The number of para-hydroxylation sites is 1. The molecule has 3 rings (SSSR count). The molecule has 0 saturated carbocycles. The minimum atomic E-state index is -5.19.